The predicted octanol–water partition coefficient (Wildman–Crippen LogP) is 2.49. The molecule has 1 fully saturated rings. The molecule has 168 valence electrons. The Labute approximate surface area is 187 Å². The van der Waals surface area contributed by atoms with Crippen LogP contribution in [0.15, 0.2) is 42.5 Å². The van der Waals surface area contributed by atoms with E-state index in [9.17, 15) is 28.9 Å². The zero-order valence-electron chi connectivity index (χ0n) is 17.1. The van der Waals surface area contributed by atoms with E-state index in [1.807, 2.05) is 0 Å². The van der Waals surface area contributed by atoms with Crippen molar-refractivity contribution in [3.8, 4) is 0 Å². The summed E-state index contributed by atoms with van der Waals surface area (Å²) < 4.78 is 13.2. The molecule has 1 aliphatic rings. The maximum absolute atomic E-state index is 13.2. The third-order valence-corrected chi connectivity index (χ3v) is 5.39. The van der Waals surface area contributed by atoms with Gasteiger partial charge in [-0.2, -0.15) is 0 Å². The second-order valence-electron chi connectivity index (χ2n) is 7.24. The highest BCUT2D eigenvalue weighted by Crippen LogP contribution is 2.20. The summed E-state index contributed by atoms with van der Waals surface area (Å²) in [6, 6.07) is 7.90. The molecule has 1 unspecified atom stereocenters. The topological polar surface area (TPSA) is 113 Å². The van der Waals surface area contributed by atoms with Crippen molar-refractivity contribution in [2.24, 2.45) is 0 Å². The Morgan fingerprint density at radius 3 is 2.38 bits per heavy atom. The fraction of sp³-hybridized carbons (Fsp3) is 0.286. The lowest BCUT2D eigenvalue weighted by atomic mass is 10.1. The van der Waals surface area contributed by atoms with Crippen molar-refractivity contribution in [3.05, 3.63) is 74.5 Å². The summed E-state index contributed by atoms with van der Waals surface area (Å²) in [6.07, 6.45) is 0. The number of nitrogens with zero attached hydrogens (tertiary/aromatic N) is 3. The van der Waals surface area contributed by atoms with E-state index in [4.69, 9.17) is 11.6 Å². The van der Waals surface area contributed by atoms with Gasteiger partial charge in [-0.25, -0.2) is 4.39 Å². The minimum Gasteiger partial charge on any atom is -0.341 e. The van der Waals surface area contributed by atoms with Crippen molar-refractivity contribution in [2.45, 2.75) is 13.0 Å². The van der Waals surface area contributed by atoms with Gasteiger partial charge in [0, 0.05) is 43.9 Å². The minimum atomic E-state index is -0.865. The first-order valence-electron chi connectivity index (χ1n) is 9.76. The van der Waals surface area contributed by atoms with Gasteiger partial charge in [-0.1, -0.05) is 17.7 Å². The van der Waals surface area contributed by atoms with Crippen LogP contribution in [-0.4, -0.2) is 64.7 Å². The number of nitro groups is 1. The minimum absolute atomic E-state index is 0.0194. The highest BCUT2D eigenvalue weighted by atomic mass is 35.5. The van der Waals surface area contributed by atoms with Gasteiger partial charge in [0.2, 0.25) is 5.91 Å². The molecule has 2 aromatic rings. The maximum Gasteiger partial charge on any atom is 0.270 e. The van der Waals surface area contributed by atoms with Crippen molar-refractivity contribution in [3.63, 3.8) is 0 Å². The van der Waals surface area contributed by atoms with Crippen LogP contribution in [0.2, 0.25) is 5.02 Å². The summed E-state index contributed by atoms with van der Waals surface area (Å²) in [7, 11) is 0. The van der Waals surface area contributed by atoms with Crippen LogP contribution in [0.3, 0.4) is 0 Å². The molecule has 9 nitrogen and oxygen atoms in total. The third-order valence-electron chi connectivity index (χ3n) is 5.08. The average Bonchev–Trinajstić information content (AvgIpc) is 2.78. The van der Waals surface area contributed by atoms with E-state index in [0.717, 1.165) is 18.2 Å². The highest BCUT2D eigenvalue weighted by molar-refractivity contribution is 6.33. The van der Waals surface area contributed by atoms with Crippen LogP contribution in [0.1, 0.15) is 27.6 Å². The molecule has 11 heteroatoms. The fourth-order valence-electron chi connectivity index (χ4n) is 3.34. The molecule has 0 radical (unpaired) electrons. The number of nitrogens with one attached hydrogen (secondary N) is 1. The molecule has 2 aromatic carbocycles. The quantitative estimate of drug-likeness (QED) is 0.541. The highest BCUT2D eigenvalue weighted by Gasteiger charge is 2.29. The van der Waals surface area contributed by atoms with Gasteiger partial charge in [-0.3, -0.25) is 24.5 Å². The summed E-state index contributed by atoms with van der Waals surface area (Å²) in [5, 5.41) is 13.4. The first-order valence-corrected chi connectivity index (χ1v) is 10.1. The van der Waals surface area contributed by atoms with Crippen LogP contribution >= 0.6 is 11.6 Å². The zero-order chi connectivity index (χ0) is 23.4. The van der Waals surface area contributed by atoms with Crippen LogP contribution in [0.4, 0.5) is 10.1 Å². The number of nitro benzene ring substituents is 1. The summed E-state index contributed by atoms with van der Waals surface area (Å²) in [5.74, 6) is -1.83. The second kappa shape index (κ2) is 9.73. The molecule has 1 saturated heterocycles. The molecule has 3 amide bonds. The molecule has 0 aliphatic carbocycles. The van der Waals surface area contributed by atoms with Crippen LogP contribution in [0, 0.1) is 15.9 Å². The number of carbonyl (C=O) groups excluding carboxylic acids is 3. The zero-order valence-corrected chi connectivity index (χ0v) is 17.8. The van der Waals surface area contributed by atoms with E-state index in [2.05, 4.69) is 5.32 Å². The molecule has 0 spiro atoms. The third kappa shape index (κ3) is 5.20. The van der Waals surface area contributed by atoms with E-state index in [1.54, 1.807) is 0 Å². The Morgan fingerprint density at radius 2 is 1.75 bits per heavy atom. The lowest BCUT2D eigenvalue weighted by molar-refractivity contribution is -0.384. The lowest BCUT2D eigenvalue weighted by Crippen LogP contribution is -2.55. The molecule has 3 rings (SSSR count). The first-order chi connectivity index (χ1) is 15.2. The van der Waals surface area contributed by atoms with E-state index < -0.39 is 22.7 Å². The molecular formula is C21H20ClFN4O5. The van der Waals surface area contributed by atoms with E-state index in [0.29, 0.717) is 0 Å². The average molecular weight is 463 g/mol. The van der Waals surface area contributed by atoms with Crippen LogP contribution in [0.5, 0.6) is 0 Å². The maximum atomic E-state index is 13.2. The molecule has 0 aromatic heterocycles. The van der Waals surface area contributed by atoms with Crippen molar-refractivity contribution in [2.75, 3.05) is 26.2 Å². The van der Waals surface area contributed by atoms with E-state index >= 15 is 0 Å². The molecule has 1 aliphatic heterocycles. The number of amides is 3. The van der Waals surface area contributed by atoms with Gasteiger partial charge in [0.1, 0.15) is 11.9 Å². The van der Waals surface area contributed by atoms with E-state index in [-0.39, 0.29) is 59.8 Å². The number of hydrogen-bond donors (Lipinski definition) is 1. The largest absolute Gasteiger partial charge is 0.341 e. The Kier molecular flexibility index (Phi) is 7.04. The number of piperazine rings is 1. The van der Waals surface area contributed by atoms with E-state index in [1.165, 1.54) is 41.0 Å². The lowest BCUT2D eigenvalue weighted by Gasteiger charge is -2.36. The predicted molar refractivity (Wildman–Crippen MR) is 114 cm³/mol. The number of rotatable bonds is 5. The normalized spacial score (nSPS) is 14.6. The fourth-order valence-corrected chi connectivity index (χ4v) is 3.59. The molecule has 1 atom stereocenters. The summed E-state index contributed by atoms with van der Waals surface area (Å²) in [6.45, 7) is 2.53. The Bertz CT molecular complexity index is 1070. The molecule has 1 heterocycles. The SMILES string of the molecule is CC(NC(=O)c1cccc([N+](=O)[O-])c1)C(=O)N1CCN(C(=O)c2ccc(F)cc2Cl)CC1. The smallest absolute Gasteiger partial charge is 0.270 e. The van der Waals surface area contributed by atoms with Crippen LogP contribution in [-0.2, 0) is 4.79 Å². The van der Waals surface area contributed by atoms with Gasteiger partial charge in [-0.05, 0) is 31.2 Å². The van der Waals surface area contributed by atoms with Crippen LogP contribution < -0.4 is 5.32 Å². The summed E-state index contributed by atoms with van der Waals surface area (Å²) in [5.41, 5.74) is 0.0366. The number of hydrogen-bond acceptors (Lipinski definition) is 5. The standard InChI is InChI=1S/C21H20ClFN4O5/c1-13(24-19(28)14-3-2-4-16(11-14)27(31)32)20(29)25-7-9-26(10-8-25)21(30)17-6-5-15(23)12-18(17)22/h2-6,11-13H,7-10H2,1H3,(H,24,28). The van der Waals surface area contributed by atoms with Gasteiger partial charge in [-0.15, -0.1) is 0 Å². The van der Waals surface area contributed by atoms with Crippen molar-refractivity contribution >= 4 is 35.0 Å². The molecule has 0 saturated carbocycles. The number of benzene rings is 2. The Hall–Kier alpha value is -3.53. The van der Waals surface area contributed by atoms with Gasteiger partial charge in [0.15, 0.2) is 0 Å². The van der Waals surface area contributed by atoms with Crippen molar-refractivity contribution in [1.29, 1.82) is 0 Å². The Morgan fingerprint density at radius 1 is 1.09 bits per heavy atom. The van der Waals surface area contributed by atoms with Gasteiger partial charge in [0.25, 0.3) is 17.5 Å². The summed E-state index contributed by atoms with van der Waals surface area (Å²) in [4.78, 5) is 51.0. The Balaban J connectivity index is 1.56. The molecular weight excluding hydrogens is 443 g/mol. The monoisotopic (exact) mass is 462 g/mol. The van der Waals surface area contributed by atoms with Crippen LogP contribution in [0.25, 0.3) is 0 Å². The molecule has 1 N–H and O–H groups in total. The summed E-state index contributed by atoms with van der Waals surface area (Å²) >= 11 is 5.96. The van der Waals surface area contributed by atoms with Crippen molar-refractivity contribution in [1.82, 2.24) is 15.1 Å². The van der Waals surface area contributed by atoms with Gasteiger partial charge < -0.3 is 15.1 Å². The van der Waals surface area contributed by atoms with Crippen molar-refractivity contribution < 1.29 is 23.7 Å². The first kappa shape index (κ1) is 23.1. The molecule has 32 heavy (non-hydrogen) atoms. The number of carbonyl (C=O) groups is 3. The second-order valence-corrected chi connectivity index (χ2v) is 7.65. The van der Waals surface area contributed by atoms with Gasteiger partial charge in [0.05, 0.1) is 15.5 Å². The van der Waals surface area contributed by atoms with Gasteiger partial charge >= 0.3 is 0 Å². The molecule has 0 bridgehead atoms. The number of non-ortho nitro benzene ring substituents is 1. The number of halogens is 2.